The third kappa shape index (κ3) is 2.41. The van der Waals surface area contributed by atoms with Crippen LogP contribution in [0.4, 0.5) is 5.69 Å². The Hall–Kier alpha value is -1.52. The zero-order valence-electron chi connectivity index (χ0n) is 11.4. The Bertz CT molecular complexity index is 675. The molecule has 0 saturated carbocycles. The number of hydrogen-bond acceptors (Lipinski definition) is 4. The van der Waals surface area contributed by atoms with E-state index in [4.69, 9.17) is 16.0 Å². The third-order valence-corrected chi connectivity index (χ3v) is 4.13. The number of hydrogen-bond donors (Lipinski definition) is 0. The van der Waals surface area contributed by atoms with Crippen molar-refractivity contribution < 1.29 is 4.42 Å². The molecule has 1 aliphatic heterocycles. The van der Waals surface area contributed by atoms with E-state index in [2.05, 4.69) is 16.8 Å². The minimum atomic E-state index is -0.0359. The first-order valence-electron chi connectivity index (χ1n) is 6.73. The van der Waals surface area contributed by atoms with Gasteiger partial charge in [0.1, 0.15) is 5.58 Å². The van der Waals surface area contributed by atoms with Crippen LogP contribution in [0.25, 0.3) is 11.0 Å². The van der Waals surface area contributed by atoms with Crippen LogP contribution in [-0.2, 0) is 5.88 Å². The second-order valence-corrected chi connectivity index (χ2v) is 5.46. The molecule has 0 bridgehead atoms. The summed E-state index contributed by atoms with van der Waals surface area (Å²) >= 11 is 5.73. The molecule has 0 unspecified atom stereocenters. The first kappa shape index (κ1) is 13.5. The Morgan fingerprint density at radius 2 is 2.00 bits per heavy atom. The summed E-state index contributed by atoms with van der Waals surface area (Å²) in [6, 6.07) is 5.77. The standard InChI is InChI=1S/C15H17ClN2O2/c1-17-4-6-18(7-5-17)12-2-3-13-14(8-12)20-10-11(9-16)15(13)19/h2-3,8,10H,4-7,9H2,1H3. The summed E-state index contributed by atoms with van der Waals surface area (Å²) in [5.41, 5.74) is 2.20. The summed E-state index contributed by atoms with van der Waals surface area (Å²) < 4.78 is 5.55. The molecule has 0 N–H and O–H groups in total. The molecule has 106 valence electrons. The highest BCUT2D eigenvalue weighted by molar-refractivity contribution is 6.17. The van der Waals surface area contributed by atoms with Crippen LogP contribution in [0, 0.1) is 0 Å². The highest BCUT2D eigenvalue weighted by Gasteiger charge is 2.15. The van der Waals surface area contributed by atoms with E-state index in [9.17, 15) is 4.79 Å². The number of fused-ring (bicyclic) bond motifs is 1. The van der Waals surface area contributed by atoms with Gasteiger partial charge < -0.3 is 14.2 Å². The highest BCUT2D eigenvalue weighted by Crippen LogP contribution is 2.22. The summed E-state index contributed by atoms with van der Waals surface area (Å²) in [7, 11) is 2.13. The molecule has 20 heavy (non-hydrogen) atoms. The second-order valence-electron chi connectivity index (χ2n) is 5.19. The number of rotatable bonds is 2. The van der Waals surface area contributed by atoms with Crippen molar-refractivity contribution in [3.05, 3.63) is 40.2 Å². The highest BCUT2D eigenvalue weighted by atomic mass is 35.5. The predicted octanol–water partition coefficient (Wildman–Crippen LogP) is 2.28. The Labute approximate surface area is 122 Å². The van der Waals surface area contributed by atoms with Gasteiger partial charge in [0, 0.05) is 37.9 Å². The zero-order valence-corrected chi connectivity index (χ0v) is 12.2. The fourth-order valence-electron chi connectivity index (χ4n) is 2.51. The normalized spacial score (nSPS) is 16.8. The minimum Gasteiger partial charge on any atom is -0.464 e. The van der Waals surface area contributed by atoms with Crippen molar-refractivity contribution in [2.24, 2.45) is 0 Å². The first-order valence-corrected chi connectivity index (χ1v) is 7.26. The van der Waals surface area contributed by atoms with Crippen LogP contribution < -0.4 is 10.3 Å². The van der Waals surface area contributed by atoms with Crippen LogP contribution in [0.1, 0.15) is 5.56 Å². The van der Waals surface area contributed by atoms with Crippen LogP contribution in [0.2, 0.25) is 0 Å². The molecule has 1 aromatic carbocycles. The van der Waals surface area contributed by atoms with Crippen molar-refractivity contribution in [3.63, 3.8) is 0 Å². The maximum absolute atomic E-state index is 12.1. The van der Waals surface area contributed by atoms with Crippen molar-refractivity contribution >= 4 is 28.3 Å². The Morgan fingerprint density at radius 1 is 1.25 bits per heavy atom. The van der Waals surface area contributed by atoms with E-state index in [1.54, 1.807) is 0 Å². The monoisotopic (exact) mass is 292 g/mol. The SMILES string of the molecule is CN1CCN(c2ccc3c(=O)c(CCl)coc3c2)CC1. The van der Waals surface area contributed by atoms with Gasteiger partial charge in [0.25, 0.3) is 0 Å². The molecular weight excluding hydrogens is 276 g/mol. The van der Waals surface area contributed by atoms with Crippen LogP contribution in [0.3, 0.4) is 0 Å². The van der Waals surface area contributed by atoms with Crippen LogP contribution in [0.15, 0.2) is 33.7 Å². The lowest BCUT2D eigenvalue weighted by Crippen LogP contribution is -2.44. The lowest BCUT2D eigenvalue weighted by atomic mass is 10.1. The summed E-state index contributed by atoms with van der Waals surface area (Å²) in [6.07, 6.45) is 1.46. The van der Waals surface area contributed by atoms with E-state index >= 15 is 0 Å². The van der Waals surface area contributed by atoms with Crippen LogP contribution >= 0.6 is 11.6 Å². The zero-order chi connectivity index (χ0) is 14.1. The molecule has 1 aromatic heterocycles. The fraction of sp³-hybridized carbons (Fsp3) is 0.400. The van der Waals surface area contributed by atoms with Gasteiger partial charge in [-0.15, -0.1) is 11.6 Å². The Balaban J connectivity index is 1.97. The van der Waals surface area contributed by atoms with Crippen LogP contribution in [0.5, 0.6) is 0 Å². The number of benzene rings is 1. The van der Waals surface area contributed by atoms with E-state index in [-0.39, 0.29) is 11.3 Å². The molecule has 2 heterocycles. The number of nitrogens with zero attached hydrogens (tertiary/aromatic N) is 2. The van der Waals surface area contributed by atoms with Gasteiger partial charge in [0.15, 0.2) is 5.43 Å². The summed E-state index contributed by atoms with van der Waals surface area (Å²) in [5.74, 6) is 0.179. The first-order chi connectivity index (χ1) is 9.69. The van der Waals surface area contributed by atoms with Gasteiger partial charge in [0.05, 0.1) is 23.1 Å². The van der Waals surface area contributed by atoms with E-state index in [0.717, 1.165) is 31.9 Å². The van der Waals surface area contributed by atoms with Gasteiger partial charge in [-0.2, -0.15) is 0 Å². The van der Waals surface area contributed by atoms with E-state index < -0.39 is 0 Å². The van der Waals surface area contributed by atoms with Crippen molar-refractivity contribution in [2.45, 2.75) is 5.88 Å². The van der Waals surface area contributed by atoms with Gasteiger partial charge >= 0.3 is 0 Å². The topological polar surface area (TPSA) is 36.7 Å². The molecule has 1 aliphatic rings. The Morgan fingerprint density at radius 3 is 2.70 bits per heavy atom. The van der Waals surface area contributed by atoms with Gasteiger partial charge in [-0.1, -0.05) is 0 Å². The fourth-order valence-corrected chi connectivity index (χ4v) is 2.70. The molecule has 0 atom stereocenters. The number of piperazine rings is 1. The summed E-state index contributed by atoms with van der Waals surface area (Å²) in [6.45, 7) is 4.08. The molecule has 0 spiro atoms. The minimum absolute atomic E-state index is 0.0359. The molecule has 4 nitrogen and oxygen atoms in total. The van der Waals surface area contributed by atoms with Crippen molar-refractivity contribution in [2.75, 3.05) is 38.1 Å². The summed E-state index contributed by atoms with van der Waals surface area (Å²) in [5, 5.41) is 0.598. The van der Waals surface area contributed by atoms with E-state index in [0.29, 0.717) is 16.5 Å². The number of likely N-dealkylation sites (N-methyl/N-ethyl adjacent to an activating group) is 1. The van der Waals surface area contributed by atoms with Crippen molar-refractivity contribution in [1.82, 2.24) is 4.90 Å². The summed E-state index contributed by atoms with van der Waals surface area (Å²) in [4.78, 5) is 16.7. The molecule has 0 aliphatic carbocycles. The van der Waals surface area contributed by atoms with Crippen LogP contribution in [-0.4, -0.2) is 38.1 Å². The molecule has 1 saturated heterocycles. The molecule has 0 amide bonds. The number of alkyl halides is 1. The molecule has 1 fully saturated rings. The average molecular weight is 293 g/mol. The molecule has 0 radical (unpaired) electrons. The van der Waals surface area contributed by atoms with Crippen molar-refractivity contribution in [1.29, 1.82) is 0 Å². The number of halogens is 1. The quantitative estimate of drug-likeness (QED) is 0.796. The molecule has 3 rings (SSSR count). The van der Waals surface area contributed by atoms with Crippen molar-refractivity contribution in [3.8, 4) is 0 Å². The molecule has 5 heteroatoms. The largest absolute Gasteiger partial charge is 0.464 e. The third-order valence-electron chi connectivity index (χ3n) is 3.84. The molecule has 2 aromatic rings. The maximum Gasteiger partial charge on any atom is 0.197 e. The maximum atomic E-state index is 12.1. The predicted molar refractivity (Wildman–Crippen MR) is 81.8 cm³/mol. The van der Waals surface area contributed by atoms with Gasteiger partial charge in [-0.3, -0.25) is 4.79 Å². The van der Waals surface area contributed by atoms with E-state index in [1.165, 1.54) is 6.26 Å². The van der Waals surface area contributed by atoms with Gasteiger partial charge in [0.2, 0.25) is 0 Å². The smallest absolute Gasteiger partial charge is 0.197 e. The lowest BCUT2D eigenvalue weighted by Gasteiger charge is -2.34. The lowest BCUT2D eigenvalue weighted by molar-refractivity contribution is 0.313. The van der Waals surface area contributed by atoms with Gasteiger partial charge in [-0.25, -0.2) is 0 Å². The number of anilines is 1. The average Bonchev–Trinajstić information content (AvgIpc) is 2.48. The van der Waals surface area contributed by atoms with E-state index in [1.807, 2.05) is 18.2 Å². The second kappa shape index (κ2) is 5.46. The van der Waals surface area contributed by atoms with Gasteiger partial charge in [-0.05, 0) is 19.2 Å². The Kier molecular flexibility index (Phi) is 3.68. The molecular formula is C15H17ClN2O2.